The van der Waals surface area contributed by atoms with Crippen LogP contribution in [0.3, 0.4) is 0 Å². The van der Waals surface area contributed by atoms with Crippen molar-refractivity contribution in [2.24, 2.45) is 0 Å². The quantitative estimate of drug-likeness (QED) is 0.377. The Hall–Kier alpha value is -2.57. The number of H-pyrrole nitrogens is 1. The topological polar surface area (TPSA) is 63.6 Å². The minimum absolute atomic E-state index is 0.0499. The number of Topliss-reactive ketones (excluding diaryl/α,β-unsaturated/α-hetero) is 1. The number of aromatic nitrogens is 4. The van der Waals surface area contributed by atoms with Gasteiger partial charge in [0.15, 0.2) is 10.9 Å². The Morgan fingerprint density at radius 3 is 2.89 bits per heavy atom. The third-order valence-electron chi connectivity index (χ3n) is 4.46. The maximum atomic E-state index is 13.0. The fraction of sp³-hybridized carbons (Fsp3) is 0.150. The first kappa shape index (κ1) is 17.8. The van der Waals surface area contributed by atoms with Gasteiger partial charge in [-0.3, -0.25) is 9.36 Å². The molecule has 1 atom stereocenters. The number of halogens is 1. The normalized spacial score (nSPS) is 12.4. The van der Waals surface area contributed by atoms with Crippen molar-refractivity contribution in [2.45, 2.75) is 24.3 Å². The van der Waals surface area contributed by atoms with Gasteiger partial charge in [0.25, 0.3) is 0 Å². The Morgan fingerprint density at radius 2 is 2.07 bits per heavy atom. The largest absolute Gasteiger partial charge is 0.360 e. The molecule has 0 saturated heterocycles. The molecule has 2 heterocycles. The number of aromatic amines is 1. The van der Waals surface area contributed by atoms with E-state index in [4.69, 9.17) is 11.6 Å². The molecule has 0 radical (unpaired) electrons. The summed E-state index contributed by atoms with van der Waals surface area (Å²) in [6.45, 7) is 3.84. The standard InChI is InChI=1S/C20H17ClN4OS/c1-12-7-8-14(9-17(12)21)25-11-23-24-20(25)27-13(2)19(26)16-10-22-18-6-4-3-5-15(16)18/h3-11,13,22H,1-2H3. The van der Waals surface area contributed by atoms with Gasteiger partial charge < -0.3 is 4.98 Å². The van der Waals surface area contributed by atoms with Crippen LogP contribution in [0.5, 0.6) is 0 Å². The number of fused-ring (bicyclic) bond motifs is 1. The summed E-state index contributed by atoms with van der Waals surface area (Å²) >= 11 is 7.62. The van der Waals surface area contributed by atoms with E-state index in [-0.39, 0.29) is 11.0 Å². The lowest BCUT2D eigenvalue weighted by molar-refractivity contribution is 0.0995. The van der Waals surface area contributed by atoms with Crippen molar-refractivity contribution in [3.05, 3.63) is 71.1 Å². The molecule has 7 heteroatoms. The van der Waals surface area contributed by atoms with Crippen LogP contribution in [0.25, 0.3) is 16.6 Å². The molecule has 0 aliphatic heterocycles. The highest BCUT2D eigenvalue weighted by atomic mass is 35.5. The molecule has 0 saturated carbocycles. The van der Waals surface area contributed by atoms with Gasteiger partial charge in [0.1, 0.15) is 6.33 Å². The molecule has 1 N–H and O–H groups in total. The maximum absolute atomic E-state index is 13.0. The first-order valence-corrected chi connectivity index (χ1v) is 9.74. The highest BCUT2D eigenvalue weighted by molar-refractivity contribution is 8.00. The van der Waals surface area contributed by atoms with Gasteiger partial charge in [-0.2, -0.15) is 0 Å². The van der Waals surface area contributed by atoms with Crippen molar-refractivity contribution in [1.82, 2.24) is 19.7 Å². The van der Waals surface area contributed by atoms with Crippen LogP contribution in [0.15, 0.2) is 60.1 Å². The second kappa shape index (κ2) is 7.21. The monoisotopic (exact) mass is 396 g/mol. The Kier molecular flexibility index (Phi) is 4.76. The van der Waals surface area contributed by atoms with Gasteiger partial charge in [-0.05, 0) is 37.6 Å². The van der Waals surface area contributed by atoms with Gasteiger partial charge in [0.2, 0.25) is 0 Å². The van der Waals surface area contributed by atoms with Crippen LogP contribution < -0.4 is 0 Å². The Morgan fingerprint density at radius 1 is 1.26 bits per heavy atom. The number of para-hydroxylation sites is 1. The van der Waals surface area contributed by atoms with E-state index < -0.39 is 0 Å². The van der Waals surface area contributed by atoms with E-state index in [9.17, 15) is 4.79 Å². The van der Waals surface area contributed by atoms with Crippen LogP contribution in [0.4, 0.5) is 0 Å². The zero-order valence-corrected chi connectivity index (χ0v) is 16.4. The van der Waals surface area contributed by atoms with Crippen molar-refractivity contribution < 1.29 is 4.79 Å². The molecule has 4 aromatic rings. The molecule has 5 nitrogen and oxygen atoms in total. The van der Waals surface area contributed by atoms with Crippen LogP contribution in [0.2, 0.25) is 5.02 Å². The van der Waals surface area contributed by atoms with Crippen molar-refractivity contribution in [2.75, 3.05) is 0 Å². The predicted octanol–water partition coefficient (Wildman–Crippen LogP) is 5.07. The van der Waals surface area contributed by atoms with Crippen molar-refractivity contribution >= 4 is 40.0 Å². The second-order valence-electron chi connectivity index (χ2n) is 6.29. The number of carbonyl (C=O) groups is 1. The molecule has 0 aliphatic carbocycles. The summed E-state index contributed by atoms with van der Waals surface area (Å²) in [4.78, 5) is 16.1. The zero-order valence-electron chi connectivity index (χ0n) is 14.8. The lowest BCUT2D eigenvalue weighted by atomic mass is 10.1. The Balaban J connectivity index is 1.60. The first-order chi connectivity index (χ1) is 13.0. The van der Waals surface area contributed by atoms with Crippen molar-refractivity contribution in [3.63, 3.8) is 0 Å². The molecule has 0 amide bonds. The third-order valence-corrected chi connectivity index (χ3v) is 5.92. The van der Waals surface area contributed by atoms with Gasteiger partial charge in [0, 0.05) is 27.7 Å². The minimum Gasteiger partial charge on any atom is -0.360 e. The Bertz CT molecular complexity index is 1130. The predicted molar refractivity (Wildman–Crippen MR) is 109 cm³/mol. The van der Waals surface area contributed by atoms with Gasteiger partial charge in [0.05, 0.1) is 10.9 Å². The number of carbonyl (C=O) groups excluding carboxylic acids is 1. The van der Waals surface area contributed by atoms with Gasteiger partial charge in [-0.15, -0.1) is 10.2 Å². The molecule has 27 heavy (non-hydrogen) atoms. The third kappa shape index (κ3) is 3.38. The number of nitrogens with one attached hydrogen (secondary N) is 1. The molecule has 0 bridgehead atoms. The van der Waals surface area contributed by atoms with E-state index >= 15 is 0 Å². The van der Waals surface area contributed by atoms with Crippen LogP contribution in [-0.4, -0.2) is 30.8 Å². The first-order valence-electron chi connectivity index (χ1n) is 8.48. The number of hydrogen-bond acceptors (Lipinski definition) is 4. The SMILES string of the molecule is Cc1ccc(-n2cnnc2SC(C)C(=O)c2c[nH]c3ccccc23)cc1Cl. The average Bonchev–Trinajstić information content (AvgIpc) is 3.30. The van der Waals surface area contributed by atoms with E-state index in [1.165, 1.54) is 11.8 Å². The van der Waals surface area contributed by atoms with E-state index in [1.807, 2.05) is 60.9 Å². The van der Waals surface area contributed by atoms with Crippen LogP contribution >= 0.6 is 23.4 Å². The van der Waals surface area contributed by atoms with Crippen molar-refractivity contribution in [1.29, 1.82) is 0 Å². The average molecular weight is 397 g/mol. The van der Waals surface area contributed by atoms with Gasteiger partial charge in [-0.25, -0.2) is 0 Å². The fourth-order valence-electron chi connectivity index (χ4n) is 2.92. The summed E-state index contributed by atoms with van der Waals surface area (Å²) in [5, 5.41) is 10.1. The number of nitrogens with zero attached hydrogens (tertiary/aromatic N) is 3. The maximum Gasteiger partial charge on any atom is 0.196 e. The summed E-state index contributed by atoms with van der Waals surface area (Å²) in [6.07, 6.45) is 3.40. The molecule has 2 aromatic heterocycles. The molecule has 4 rings (SSSR count). The molecular weight excluding hydrogens is 380 g/mol. The second-order valence-corrected chi connectivity index (χ2v) is 8.00. The van der Waals surface area contributed by atoms with E-state index in [1.54, 1.807) is 12.5 Å². The number of rotatable bonds is 5. The molecule has 2 aromatic carbocycles. The summed E-state index contributed by atoms with van der Waals surface area (Å²) in [5.41, 5.74) is 3.51. The number of aryl methyl sites for hydroxylation is 1. The van der Waals surface area contributed by atoms with Crippen LogP contribution in [-0.2, 0) is 0 Å². The number of ketones is 1. The highest BCUT2D eigenvalue weighted by Gasteiger charge is 2.22. The molecule has 0 fully saturated rings. The zero-order chi connectivity index (χ0) is 19.0. The summed E-state index contributed by atoms with van der Waals surface area (Å²) in [6, 6.07) is 13.6. The van der Waals surface area contributed by atoms with E-state index in [0.717, 1.165) is 22.2 Å². The lowest BCUT2D eigenvalue weighted by Gasteiger charge is -2.11. The summed E-state index contributed by atoms with van der Waals surface area (Å²) in [7, 11) is 0. The van der Waals surface area contributed by atoms with Gasteiger partial charge >= 0.3 is 0 Å². The highest BCUT2D eigenvalue weighted by Crippen LogP contribution is 2.29. The van der Waals surface area contributed by atoms with Crippen LogP contribution in [0.1, 0.15) is 22.8 Å². The number of hydrogen-bond donors (Lipinski definition) is 1. The minimum atomic E-state index is -0.312. The number of thioether (sulfide) groups is 1. The fourth-order valence-corrected chi connectivity index (χ4v) is 4.00. The lowest BCUT2D eigenvalue weighted by Crippen LogP contribution is -2.14. The molecular formula is C20H17ClN4OS. The Labute approximate surface area is 165 Å². The molecule has 136 valence electrons. The van der Waals surface area contributed by atoms with Gasteiger partial charge in [-0.1, -0.05) is 47.6 Å². The van der Waals surface area contributed by atoms with E-state index in [0.29, 0.717) is 15.7 Å². The number of benzene rings is 2. The summed E-state index contributed by atoms with van der Waals surface area (Å²) < 4.78 is 1.84. The molecule has 0 aliphatic rings. The summed E-state index contributed by atoms with van der Waals surface area (Å²) in [5.74, 6) is 0.0499. The van der Waals surface area contributed by atoms with Crippen molar-refractivity contribution in [3.8, 4) is 5.69 Å². The molecule has 0 spiro atoms. The van der Waals surface area contributed by atoms with Crippen LogP contribution in [0, 0.1) is 6.92 Å². The smallest absolute Gasteiger partial charge is 0.196 e. The van der Waals surface area contributed by atoms with E-state index in [2.05, 4.69) is 15.2 Å². The molecule has 1 unspecified atom stereocenters.